The third kappa shape index (κ3) is 2.44. The molecule has 2 rings (SSSR count). The van der Waals surface area contributed by atoms with Gasteiger partial charge in [0.2, 0.25) is 0 Å². The van der Waals surface area contributed by atoms with Crippen LogP contribution in [0.2, 0.25) is 0 Å². The molecule has 1 N–H and O–H groups in total. The molecule has 0 aliphatic heterocycles. The lowest BCUT2D eigenvalue weighted by atomic mass is 10.0. The Kier molecular flexibility index (Phi) is 3.27. The van der Waals surface area contributed by atoms with Gasteiger partial charge in [0.25, 0.3) is 0 Å². The van der Waals surface area contributed by atoms with Crippen LogP contribution in [0.25, 0.3) is 11.1 Å². The molecular weight excluding hydrogens is 199 g/mol. The zero-order valence-electron chi connectivity index (χ0n) is 9.18. The molecule has 3 heteroatoms. The molecule has 0 amide bonds. The van der Waals surface area contributed by atoms with Gasteiger partial charge in [0.05, 0.1) is 0 Å². The summed E-state index contributed by atoms with van der Waals surface area (Å²) in [6.07, 6.45) is 0. The first-order chi connectivity index (χ1) is 7.79. The SMILES string of the molecule is Cc1cccc(-c2ccc(OBO)cc2)c1. The first-order valence-electron chi connectivity index (χ1n) is 5.20. The molecular formula is C13H13BO2. The Labute approximate surface area is 95.8 Å². The van der Waals surface area contributed by atoms with Gasteiger partial charge in [-0.05, 0) is 30.2 Å². The normalized spacial score (nSPS) is 9.88. The molecule has 2 nitrogen and oxygen atoms in total. The molecule has 0 aliphatic carbocycles. The highest BCUT2D eigenvalue weighted by molar-refractivity contribution is 6.17. The lowest BCUT2D eigenvalue weighted by Gasteiger charge is -2.05. The van der Waals surface area contributed by atoms with E-state index in [-0.39, 0.29) is 7.69 Å². The minimum absolute atomic E-state index is 0.288. The standard InChI is InChI=1S/C13H13BO2/c1-10-3-2-4-12(9-10)11-5-7-13(8-6-11)16-14-15/h2-9,14-15H,1H3. The number of hydrogen-bond donors (Lipinski definition) is 1. The Morgan fingerprint density at radius 1 is 1.00 bits per heavy atom. The van der Waals surface area contributed by atoms with Crippen molar-refractivity contribution in [2.24, 2.45) is 0 Å². The predicted molar refractivity (Wildman–Crippen MR) is 66.6 cm³/mol. The summed E-state index contributed by atoms with van der Waals surface area (Å²) < 4.78 is 4.98. The summed E-state index contributed by atoms with van der Waals surface area (Å²) in [6, 6.07) is 16.0. The summed E-state index contributed by atoms with van der Waals surface area (Å²) in [5, 5.41) is 8.62. The van der Waals surface area contributed by atoms with Crippen molar-refractivity contribution < 1.29 is 9.68 Å². The molecule has 0 aromatic heterocycles. The first kappa shape index (κ1) is 10.8. The van der Waals surface area contributed by atoms with Crippen LogP contribution in [-0.4, -0.2) is 12.7 Å². The Balaban J connectivity index is 2.27. The van der Waals surface area contributed by atoms with Crippen molar-refractivity contribution in [3.05, 3.63) is 54.1 Å². The van der Waals surface area contributed by atoms with Crippen molar-refractivity contribution in [3.8, 4) is 16.9 Å². The first-order valence-corrected chi connectivity index (χ1v) is 5.20. The second-order valence-corrected chi connectivity index (χ2v) is 3.67. The van der Waals surface area contributed by atoms with E-state index in [2.05, 4.69) is 25.1 Å². The number of benzene rings is 2. The van der Waals surface area contributed by atoms with Gasteiger partial charge in [-0.15, -0.1) is 0 Å². The lowest BCUT2D eigenvalue weighted by molar-refractivity contribution is 0.454. The van der Waals surface area contributed by atoms with Crippen LogP contribution in [0, 0.1) is 6.92 Å². The monoisotopic (exact) mass is 212 g/mol. The Morgan fingerprint density at radius 2 is 1.75 bits per heavy atom. The van der Waals surface area contributed by atoms with Gasteiger partial charge in [-0.2, -0.15) is 0 Å². The Morgan fingerprint density at radius 3 is 2.38 bits per heavy atom. The maximum Gasteiger partial charge on any atom is 0.504 e. The average molecular weight is 212 g/mol. The largest absolute Gasteiger partial charge is 0.539 e. The smallest absolute Gasteiger partial charge is 0.504 e. The van der Waals surface area contributed by atoms with Gasteiger partial charge in [0.15, 0.2) is 0 Å². The summed E-state index contributed by atoms with van der Waals surface area (Å²) in [5.41, 5.74) is 3.58. The highest BCUT2D eigenvalue weighted by Gasteiger charge is 1.98. The highest BCUT2D eigenvalue weighted by Crippen LogP contribution is 2.22. The van der Waals surface area contributed by atoms with E-state index in [1.165, 1.54) is 11.1 Å². The van der Waals surface area contributed by atoms with E-state index in [4.69, 9.17) is 9.68 Å². The molecule has 0 saturated heterocycles. The van der Waals surface area contributed by atoms with Crippen molar-refractivity contribution in [2.45, 2.75) is 6.92 Å². The topological polar surface area (TPSA) is 29.5 Å². The molecule has 0 bridgehead atoms. The van der Waals surface area contributed by atoms with Crippen LogP contribution in [0.15, 0.2) is 48.5 Å². The second kappa shape index (κ2) is 4.86. The summed E-state index contributed by atoms with van der Waals surface area (Å²) >= 11 is 0. The summed E-state index contributed by atoms with van der Waals surface area (Å²) in [7, 11) is -0.288. The van der Waals surface area contributed by atoms with Gasteiger partial charge in [0.1, 0.15) is 5.75 Å². The quantitative estimate of drug-likeness (QED) is 0.791. The van der Waals surface area contributed by atoms with E-state index >= 15 is 0 Å². The maximum absolute atomic E-state index is 8.62. The number of aryl methyl sites for hydroxylation is 1. The Hall–Kier alpha value is -1.74. The van der Waals surface area contributed by atoms with Gasteiger partial charge in [-0.1, -0.05) is 42.0 Å². The minimum atomic E-state index is -0.288. The van der Waals surface area contributed by atoms with Gasteiger partial charge in [-0.3, -0.25) is 0 Å². The zero-order chi connectivity index (χ0) is 11.4. The van der Waals surface area contributed by atoms with Crippen LogP contribution in [0.3, 0.4) is 0 Å². The molecule has 2 aromatic rings. The molecule has 0 spiro atoms. The van der Waals surface area contributed by atoms with E-state index in [1.54, 1.807) is 0 Å². The third-order valence-electron chi connectivity index (χ3n) is 2.44. The van der Waals surface area contributed by atoms with Crippen molar-refractivity contribution in [2.75, 3.05) is 0 Å². The van der Waals surface area contributed by atoms with E-state index in [0.717, 1.165) is 5.56 Å². The minimum Gasteiger partial charge on any atom is -0.539 e. The fraction of sp³-hybridized carbons (Fsp3) is 0.0769. The van der Waals surface area contributed by atoms with Crippen LogP contribution in [0.4, 0.5) is 0 Å². The van der Waals surface area contributed by atoms with Crippen molar-refractivity contribution in [3.63, 3.8) is 0 Å². The molecule has 0 atom stereocenters. The van der Waals surface area contributed by atoms with Crippen LogP contribution >= 0.6 is 0 Å². The molecule has 0 saturated carbocycles. The van der Waals surface area contributed by atoms with Crippen LogP contribution < -0.4 is 4.65 Å². The van der Waals surface area contributed by atoms with Crippen LogP contribution in [-0.2, 0) is 0 Å². The van der Waals surface area contributed by atoms with Crippen LogP contribution in [0.5, 0.6) is 5.75 Å². The van der Waals surface area contributed by atoms with Crippen molar-refractivity contribution in [1.29, 1.82) is 0 Å². The van der Waals surface area contributed by atoms with Crippen LogP contribution in [0.1, 0.15) is 5.56 Å². The molecule has 0 aliphatic rings. The summed E-state index contributed by atoms with van der Waals surface area (Å²) in [5.74, 6) is 0.680. The average Bonchev–Trinajstić information content (AvgIpc) is 2.30. The lowest BCUT2D eigenvalue weighted by Crippen LogP contribution is -1.99. The van der Waals surface area contributed by atoms with Crippen molar-refractivity contribution in [1.82, 2.24) is 0 Å². The van der Waals surface area contributed by atoms with E-state index < -0.39 is 0 Å². The molecule has 80 valence electrons. The Bertz CT molecular complexity index is 466. The maximum atomic E-state index is 8.62. The predicted octanol–water partition coefficient (Wildman–Crippen LogP) is 2.30. The third-order valence-corrected chi connectivity index (χ3v) is 2.44. The molecule has 0 heterocycles. The fourth-order valence-electron chi connectivity index (χ4n) is 1.64. The molecule has 2 aromatic carbocycles. The summed E-state index contributed by atoms with van der Waals surface area (Å²) in [6.45, 7) is 2.08. The van der Waals surface area contributed by atoms with E-state index in [0.29, 0.717) is 5.75 Å². The molecule has 0 radical (unpaired) electrons. The van der Waals surface area contributed by atoms with Gasteiger partial charge in [0, 0.05) is 0 Å². The molecule has 0 unspecified atom stereocenters. The van der Waals surface area contributed by atoms with Gasteiger partial charge < -0.3 is 9.68 Å². The highest BCUT2D eigenvalue weighted by atomic mass is 16.5. The number of rotatable bonds is 3. The summed E-state index contributed by atoms with van der Waals surface area (Å²) in [4.78, 5) is 0. The van der Waals surface area contributed by atoms with E-state index in [9.17, 15) is 0 Å². The van der Waals surface area contributed by atoms with Gasteiger partial charge in [-0.25, -0.2) is 0 Å². The second-order valence-electron chi connectivity index (χ2n) is 3.67. The van der Waals surface area contributed by atoms with E-state index in [1.807, 2.05) is 30.3 Å². The van der Waals surface area contributed by atoms with Gasteiger partial charge >= 0.3 is 7.69 Å². The zero-order valence-corrected chi connectivity index (χ0v) is 9.18. The molecule has 16 heavy (non-hydrogen) atoms. The van der Waals surface area contributed by atoms with Crippen molar-refractivity contribution >= 4 is 7.69 Å². The number of hydrogen-bond acceptors (Lipinski definition) is 2. The fourth-order valence-corrected chi connectivity index (χ4v) is 1.64. The molecule has 0 fully saturated rings.